The topological polar surface area (TPSA) is 132 Å². The van der Waals surface area contributed by atoms with Gasteiger partial charge in [-0.15, -0.1) is 0 Å². The Morgan fingerprint density at radius 2 is 0.446 bits per heavy atom. The van der Waals surface area contributed by atoms with Gasteiger partial charge in [-0.05, 0) is 305 Å². The molecule has 5 rings (SSSR count). The van der Waals surface area contributed by atoms with Crippen LogP contribution < -0.4 is 0 Å². The third-order valence-corrected chi connectivity index (χ3v) is 26.9. The standard InChI is InChI=1S/C32H52O2.C28H44O2.C24H36O2.C23H34O2.C22H32O2/c1-7-8-9-10-11-12-13-14-15-21-31(33)34-26-24-28(3)19-16-18-27(2)22-23-30-29(4)20-17-25-32(30,5)6;1-7-8-9-10-11-17-27(29)30-22-20-24(3)15-12-14-23(2)18-19-26-25(4)16-13-21-28(26,5)6;1-7-10-23(25)26-18-16-20(3)12-8-11-19(2)14-15-22-21(4)13-9-17-24(22,5)6;1-7-22(24)25-17-15-19(3)11-8-10-18(2)13-14-21-20(4)12-9-16-23(21,5)6;1-17(9-7-10-18(2)14-16-24-20(4)23)12-13-21-19(3)11-8-15-22(21,5)6/h16,18-19,22-24H,7-15,17,20-21,25-26H2,1-6H3;12,14-15,18-20H,7-11,13,16-17,21-22H2,1-6H3;8,11-12,14-16H,7,9-10,13,17-18H2,1-6H3;8,10-11,13-15H,7,9,12,16-17H2,1-6H3;7,9-10,12-14H,8,11,15-16H2,1-6H3. The number of carbonyl (C=O) groups excluding carboxylic acids is 5. The highest BCUT2D eigenvalue weighted by Crippen LogP contribution is 2.45. The number of carbonyl (C=O) groups is 5. The lowest BCUT2D eigenvalue weighted by molar-refractivity contribution is -0.143. The lowest BCUT2D eigenvalue weighted by atomic mass is 9.72. The fraction of sp³-hybridized carbons (Fsp3) is 0.574. The van der Waals surface area contributed by atoms with Crippen LogP contribution in [0.2, 0.25) is 0 Å². The van der Waals surface area contributed by atoms with E-state index in [0.29, 0.717) is 58.7 Å². The fourth-order valence-electron chi connectivity index (χ4n) is 17.8. The molecule has 0 heterocycles. The number of esters is 5. The molecule has 0 unspecified atom stereocenters. The van der Waals surface area contributed by atoms with Gasteiger partial charge in [0.1, 0.15) is 33.0 Å². The summed E-state index contributed by atoms with van der Waals surface area (Å²) >= 11 is 0. The minimum Gasteiger partial charge on any atom is -0.462 e. The molecule has 0 amide bonds. The maximum atomic E-state index is 11.9. The first-order valence-corrected chi connectivity index (χ1v) is 53.5. The van der Waals surface area contributed by atoms with Gasteiger partial charge in [0, 0.05) is 32.6 Å². The molecule has 0 aromatic heterocycles. The van der Waals surface area contributed by atoms with E-state index in [1.54, 1.807) is 6.92 Å². The van der Waals surface area contributed by atoms with Gasteiger partial charge in [-0.25, -0.2) is 0 Å². The summed E-state index contributed by atoms with van der Waals surface area (Å²) in [6.45, 7) is 66.9. The van der Waals surface area contributed by atoms with Crippen LogP contribution in [0.5, 0.6) is 0 Å². The normalized spacial score (nSPS) is 18.4. The van der Waals surface area contributed by atoms with Crippen molar-refractivity contribution in [3.63, 3.8) is 0 Å². The second-order valence-electron chi connectivity index (χ2n) is 42.8. The van der Waals surface area contributed by atoms with Crippen molar-refractivity contribution in [1.82, 2.24) is 0 Å². The monoisotopic (exact) mass is 1910 g/mol. The van der Waals surface area contributed by atoms with Crippen LogP contribution in [-0.4, -0.2) is 62.9 Å². The van der Waals surface area contributed by atoms with Crippen molar-refractivity contribution in [3.8, 4) is 0 Å². The first kappa shape index (κ1) is 128. The highest BCUT2D eigenvalue weighted by atomic mass is 16.5. The zero-order valence-corrected chi connectivity index (χ0v) is 94.0. The molecule has 0 aromatic rings. The molecule has 0 atom stereocenters. The molecule has 0 aliphatic heterocycles. The predicted molar refractivity (Wildman–Crippen MR) is 602 cm³/mol. The molecule has 5 aliphatic rings. The highest BCUT2D eigenvalue weighted by Gasteiger charge is 2.31. The van der Waals surface area contributed by atoms with Gasteiger partial charge in [0.05, 0.1) is 0 Å². The summed E-state index contributed by atoms with van der Waals surface area (Å²) in [5.74, 6) is -0.706. The minimum absolute atomic E-state index is 0.0768. The van der Waals surface area contributed by atoms with Crippen molar-refractivity contribution in [2.75, 3.05) is 33.0 Å². The van der Waals surface area contributed by atoms with E-state index in [0.717, 1.165) is 60.0 Å². The number of ether oxygens (including phenoxy) is 5. The summed E-state index contributed by atoms with van der Waals surface area (Å²) in [6.07, 6.45) is 102. The maximum absolute atomic E-state index is 11.9. The van der Waals surface area contributed by atoms with Crippen LogP contribution >= 0.6 is 0 Å². The van der Waals surface area contributed by atoms with Gasteiger partial charge >= 0.3 is 29.8 Å². The van der Waals surface area contributed by atoms with Crippen molar-refractivity contribution < 1.29 is 47.7 Å². The first-order valence-electron chi connectivity index (χ1n) is 53.5. The molecular formula is C129H198O10. The molecular weight excluding hydrogens is 1710 g/mol. The zero-order chi connectivity index (χ0) is 104. The molecule has 0 bridgehead atoms. The average Bonchev–Trinajstić information content (AvgIpc) is 0.842. The Bertz CT molecular complexity index is 4600. The summed E-state index contributed by atoms with van der Waals surface area (Å²) in [5.41, 5.74) is 28.1. The SMILES string of the molecule is CC(=O)OCC=C(C)C=CC=C(C)C=CC1=C(C)CCCC1(C)C.CCC(=O)OCC=C(C)C=CC=C(C)C=CC1=C(C)CCCC1(C)C.CCCC(=O)OCC=C(C)C=CC=C(C)C=CC1=C(C)CCCC1(C)C.CCCCCCCC(=O)OCC=C(C)C=CC=C(C)C=CC1=C(C)CCCC1(C)C.CCCCCCCCCCCC(=O)OCC=C(C)C=CC=C(C)C=CC1=C(C)CCCC1(C)C. The van der Waals surface area contributed by atoms with Crippen LogP contribution in [0.4, 0.5) is 0 Å². The van der Waals surface area contributed by atoms with E-state index >= 15 is 0 Å². The second kappa shape index (κ2) is 73.0. The Kier molecular flexibility index (Phi) is 67.2. The Morgan fingerprint density at radius 3 is 0.647 bits per heavy atom. The third kappa shape index (κ3) is 61.3. The van der Waals surface area contributed by atoms with Gasteiger partial charge in [0.25, 0.3) is 0 Å². The molecule has 0 radical (unpaired) electrons. The van der Waals surface area contributed by atoms with Gasteiger partial charge in [0.2, 0.25) is 0 Å². The molecule has 10 nitrogen and oxygen atoms in total. The quantitative estimate of drug-likeness (QED) is 0.0251. The number of hydrogen-bond acceptors (Lipinski definition) is 10. The molecule has 0 aromatic carbocycles. The van der Waals surface area contributed by atoms with Crippen LogP contribution in [0, 0.1) is 27.1 Å². The van der Waals surface area contributed by atoms with E-state index in [9.17, 15) is 24.0 Å². The van der Waals surface area contributed by atoms with Gasteiger partial charge < -0.3 is 23.7 Å². The fourth-order valence-corrected chi connectivity index (χ4v) is 17.8. The molecule has 139 heavy (non-hydrogen) atoms. The zero-order valence-electron chi connectivity index (χ0n) is 94.0. The molecule has 0 saturated carbocycles. The van der Waals surface area contributed by atoms with Crippen molar-refractivity contribution >= 4 is 29.8 Å². The van der Waals surface area contributed by atoms with Gasteiger partial charge in [-0.1, -0.05) is 409 Å². The smallest absolute Gasteiger partial charge is 0.306 e. The molecule has 0 fully saturated rings. The van der Waals surface area contributed by atoms with Crippen LogP contribution in [0.15, 0.2) is 294 Å². The van der Waals surface area contributed by atoms with Crippen LogP contribution in [0.25, 0.3) is 0 Å². The minimum atomic E-state index is -0.251. The number of hydrogen-bond donors (Lipinski definition) is 0. The van der Waals surface area contributed by atoms with E-state index in [1.165, 1.54) is 251 Å². The van der Waals surface area contributed by atoms with Crippen molar-refractivity contribution in [2.24, 2.45) is 27.1 Å². The van der Waals surface area contributed by atoms with Crippen molar-refractivity contribution in [3.05, 3.63) is 294 Å². The second-order valence-corrected chi connectivity index (χ2v) is 42.8. The lowest BCUT2D eigenvalue weighted by Crippen LogP contribution is -2.19. The Balaban J connectivity index is 0.000000874. The van der Waals surface area contributed by atoms with E-state index in [-0.39, 0.29) is 56.9 Å². The van der Waals surface area contributed by atoms with E-state index in [4.69, 9.17) is 23.7 Å². The maximum Gasteiger partial charge on any atom is 0.306 e. The molecule has 0 saturated heterocycles. The lowest BCUT2D eigenvalue weighted by Gasteiger charge is -2.33. The van der Waals surface area contributed by atoms with E-state index < -0.39 is 0 Å². The van der Waals surface area contributed by atoms with Gasteiger partial charge in [0.15, 0.2) is 0 Å². The summed E-state index contributed by atoms with van der Waals surface area (Å²) in [7, 11) is 0. The highest BCUT2D eigenvalue weighted by molar-refractivity contribution is 5.70. The Morgan fingerprint density at radius 1 is 0.245 bits per heavy atom. The first-order chi connectivity index (χ1) is 65.8. The Labute approximate surface area is 852 Å². The van der Waals surface area contributed by atoms with Crippen molar-refractivity contribution in [1.29, 1.82) is 0 Å². The molecule has 0 spiro atoms. The number of unbranched alkanes of at least 4 members (excludes halogenated alkanes) is 12. The van der Waals surface area contributed by atoms with E-state index in [2.05, 4.69) is 268 Å². The predicted octanol–water partition coefficient (Wildman–Crippen LogP) is 37.8. The number of rotatable bonds is 49. The molecule has 774 valence electrons. The van der Waals surface area contributed by atoms with E-state index in [1.807, 2.05) is 108 Å². The largest absolute Gasteiger partial charge is 0.462 e. The summed E-state index contributed by atoms with van der Waals surface area (Å²) in [4.78, 5) is 56.8. The van der Waals surface area contributed by atoms with Gasteiger partial charge in [-0.3, -0.25) is 24.0 Å². The average molecular weight is 1910 g/mol. The van der Waals surface area contributed by atoms with Crippen molar-refractivity contribution in [2.45, 2.75) is 426 Å². The number of allylic oxidation sites excluding steroid dienone is 45. The summed E-state index contributed by atoms with van der Waals surface area (Å²) in [6, 6.07) is 0. The Hall–Kier alpha value is -9.15. The van der Waals surface area contributed by atoms with Gasteiger partial charge in [-0.2, -0.15) is 0 Å². The molecule has 0 N–H and O–H groups in total. The van der Waals surface area contributed by atoms with Crippen LogP contribution in [0.1, 0.15) is 426 Å². The van der Waals surface area contributed by atoms with Crippen LogP contribution in [-0.2, 0) is 47.7 Å². The van der Waals surface area contributed by atoms with Crippen LogP contribution in [0.3, 0.4) is 0 Å². The summed E-state index contributed by atoms with van der Waals surface area (Å²) in [5, 5.41) is 0. The molecule has 5 aliphatic carbocycles. The third-order valence-electron chi connectivity index (χ3n) is 26.9. The summed E-state index contributed by atoms with van der Waals surface area (Å²) < 4.78 is 25.7. The molecule has 10 heteroatoms.